The second-order valence-electron chi connectivity index (χ2n) is 7.63. The van der Waals surface area contributed by atoms with Gasteiger partial charge in [0.25, 0.3) is 5.91 Å². The number of carbonyl (C=O) groups is 1. The molecule has 0 radical (unpaired) electrons. The van der Waals surface area contributed by atoms with Crippen LogP contribution in [-0.2, 0) is 6.54 Å². The number of rotatable bonds is 5. The van der Waals surface area contributed by atoms with Gasteiger partial charge in [-0.05, 0) is 23.8 Å². The van der Waals surface area contributed by atoms with Crippen LogP contribution in [0.25, 0.3) is 22.2 Å². The number of nitrogens with one attached hydrogen (secondary N) is 2. The van der Waals surface area contributed by atoms with E-state index in [0.29, 0.717) is 11.4 Å². The number of para-hydroxylation sites is 1. The molecule has 1 fully saturated rings. The molecule has 2 N–H and O–H groups in total. The van der Waals surface area contributed by atoms with Crippen LogP contribution in [0.5, 0.6) is 0 Å². The van der Waals surface area contributed by atoms with Crippen LogP contribution in [0.3, 0.4) is 0 Å². The van der Waals surface area contributed by atoms with Crippen molar-refractivity contribution in [3.63, 3.8) is 0 Å². The molecule has 2 aromatic carbocycles. The fourth-order valence-corrected chi connectivity index (χ4v) is 4.41. The van der Waals surface area contributed by atoms with Gasteiger partial charge < -0.3 is 10.6 Å². The van der Waals surface area contributed by atoms with Gasteiger partial charge in [-0.1, -0.05) is 36.4 Å². The normalized spacial score (nSPS) is 14.6. The summed E-state index contributed by atoms with van der Waals surface area (Å²) >= 11 is 1.40. The summed E-state index contributed by atoms with van der Waals surface area (Å²) in [6, 6.07) is 18.5. The summed E-state index contributed by atoms with van der Waals surface area (Å²) in [4.78, 5) is 24.0. The van der Waals surface area contributed by atoms with Crippen molar-refractivity contribution >= 4 is 33.8 Å². The molecule has 0 bridgehead atoms. The Morgan fingerprint density at radius 1 is 1.10 bits per heavy atom. The van der Waals surface area contributed by atoms with Gasteiger partial charge in [-0.2, -0.15) is 0 Å². The molecule has 4 aromatic rings. The van der Waals surface area contributed by atoms with E-state index < -0.39 is 0 Å². The van der Waals surface area contributed by atoms with Crippen molar-refractivity contribution in [3.05, 3.63) is 76.7 Å². The Bertz CT molecular complexity index is 1200. The maximum Gasteiger partial charge on any atom is 0.275 e. The number of hydrogen-bond donors (Lipinski definition) is 2. The minimum atomic E-state index is -0.223. The summed E-state index contributed by atoms with van der Waals surface area (Å²) in [5, 5.41) is 9.08. The van der Waals surface area contributed by atoms with E-state index in [4.69, 9.17) is 4.98 Å². The Balaban J connectivity index is 1.44. The summed E-state index contributed by atoms with van der Waals surface area (Å²) in [6.45, 7) is 5.17. The molecular weight excluding hydrogens is 406 g/mol. The van der Waals surface area contributed by atoms with Gasteiger partial charge in [0.05, 0.1) is 22.4 Å². The highest BCUT2D eigenvalue weighted by Gasteiger charge is 2.13. The fourth-order valence-electron chi connectivity index (χ4n) is 3.88. The van der Waals surface area contributed by atoms with Crippen molar-refractivity contribution in [3.8, 4) is 11.3 Å². The van der Waals surface area contributed by atoms with Crippen LogP contribution >= 0.6 is 11.3 Å². The predicted molar refractivity (Wildman–Crippen MR) is 125 cm³/mol. The number of amides is 1. The number of fused-ring (bicyclic) bond motifs is 1. The third-order valence-electron chi connectivity index (χ3n) is 5.47. The highest BCUT2D eigenvalue weighted by molar-refractivity contribution is 7.07. The number of benzene rings is 2. The SMILES string of the molecule is O=C(Nc1cccc2ccc(-c3cccc(CN4CCNCC4)c3)nc12)c1cscn1. The highest BCUT2D eigenvalue weighted by Crippen LogP contribution is 2.27. The smallest absolute Gasteiger partial charge is 0.275 e. The standard InChI is InChI=1S/C24H23N5OS/c30-24(22-15-31-16-26-22)28-21-6-2-4-18-7-8-20(27-23(18)21)19-5-1-3-17(13-19)14-29-11-9-25-10-12-29/h1-8,13,15-16,25H,9-12,14H2,(H,28,30). The van der Waals surface area contributed by atoms with Crippen molar-refractivity contribution < 1.29 is 4.79 Å². The first-order valence-electron chi connectivity index (χ1n) is 10.4. The van der Waals surface area contributed by atoms with E-state index in [2.05, 4.69) is 50.8 Å². The van der Waals surface area contributed by atoms with E-state index in [0.717, 1.165) is 54.9 Å². The summed E-state index contributed by atoms with van der Waals surface area (Å²) < 4.78 is 0. The van der Waals surface area contributed by atoms with Crippen LogP contribution in [0, 0.1) is 0 Å². The van der Waals surface area contributed by atoms with Gasteiger partial charge in [-0.15, -0.1) is 11.3 Å². The number of pyridine rings is 1. The zero-order valence-corrected chi connectivity index (χ0v) is 17.9. The van der Waals surface area contributed by atoms with E-state index in [9.17, 15) is 4.79 Å². The van der Waals surface area contributed by atoms with Gasteiger partial charge in [-0.3, -0.25) is 9.69 Å². The lowest BCUT2D eigenvalue weighted by molar-refractivity contribution is 0.102. The molecule has 1 amide bonds. The topological polar surface area (TPSA) is 70.2 Å². The monoisotopic (exact) mass is 429 g/mol. The first-order valence-corrected chi connectivity index (χ1v) is 11.3. The van der Waals surface area contributed by atoms with E-state index in [-0.39, 0.29) is 5.91 Å². The van der Waals surface area contributed by atoms with Crippen LogP contribution in [0.2, 0.25) is 0 Å². The molecule has 0 spiro atoms. The zero-order valence-electron chi connectivity index (χ0n) is 17.0. The van der Waals surface area contributed by atoms with Crippen LogP contribution in [0.1, 0.15) is 16.1 Å². The number of nitrogens with zero attached hydrogens (tertiary/aromatic N) is 3. The molecule has 6 nitrogen and oxygen atoms in total. The average molecular weight is 430 g/mol. The Kier molecular flexibility index (Phi) is 5.71. The minimum Gasteiger partial charge on any atom is -0.319 e. The first kappa shape index (κ1) is 19.8. The number of thiazole rings is 1. The molecule has 2 aromatic heterocycles. The van der Waals surface area contributed by atoms with Crippen LogP contribution in [-0.4, -0.2) is 47.0 Å². The Morgan fingerprint density at radius 2 is 1.97 bits per heavy atom. The number of aromatic nitrogens is 2. The van der Waals surface area contributed by atoms with Crippen LogP contribution < -0.4 is 10.6 Å². The Morgan fingerprint density at radius 3 is 2.81 bits per heavy atom. The lowest BCUT2D eigenvalue weighted by Gasteiger charge is -2.27. The lowest BCUT2D eigenvalue weighted by atomic mass is 10.1. The third kappa shape index (κ3) is 4.49. The van der Waals surface area contributed by atoms with Gasteiger partial charge in [-0.25, -0.2) is 9.97 Å². The number of piperazine rings is 1. The molecule has 1 aliphatic heterocycles. The minimum absolute atomic E-state index is 0.223. The third-order valence-corrected chi connectivity index (χ3v) is 6.06. The van der Waals surface area contributed by atoms with Crippen molar-refractivity contribution in [1.29, 1.82) is 0 Å². The molecule has 0 aliphatic carbocycles. The maximum atomic E-state index is 12.5. The molecule has 1 aliphatic rings. The molecule has 5 rings (SSSR count). The number of anilines is 1. The summed E-state index contributed by atoms with van der Waals surface area (Å²) in [5.41, 5.74) is 6.79. The largest absolute Gasteiger partial charge is 0.319 e. The van der Waals surface area contributed by atoms with Crippen molar-refractivity contribution in [2.75, 3.05) is 31.5 Å². The summed E-state index contributed by atoms with van der Waals surface area (Å²) in [5.74, 6) is -0.223. The van der Waals surface area contributed by atoms with Crippen LogP contribution in [0.15, 0.2) is 65.5 Å². The molecule has 31 heavy (non-hydrogen) atoms. The summed E-state index contributed by atoms with van der Waals surface area (Å²) in [6.07, 6.45) is 0. The summed E-state index contributed by atoms with van der Waals surface area (Å²) in [7, 11) is 0. The van der Waals surface area contributed by atoms with E-state index in [1.807, 2.05) is 24.3 Å². The molecule has 156 valence electrons. The molecule has 7 heteroatoms. The Labute approximate surface area is 185 Å². The zero-order chi connectivity index (χ0) is 21.0. The molecule has 0 atom stereocenters. The van der Waals surface area contributed by atoms with Crippen molar-refractivity contribution in [2.24, 2.45) is 0 Å². The highest BCUT2D eigenvalue weighted by atomic mass is 32.1. The van der Waals surface area contributed by atoms with Crippen molar-refractivity contribution in [2.45, 2.75) is 6.54 Å². The van der Waals surface area contributed by atoms with Crippen LogP contribution in [0.4, 0.5) is 5.69 Å². The lowest BCUT2D eigenvalue weighted by Crippen LogP contribution is -2.42. The second kappa shape index (κ2) is 8.93. The van der Waals surface area contributed by atoms with E-state index >= 15 is 0 Å². The fraction of sp³-hybridized carbons (Fsp3) is 0.208. The first-order chi connectivity index (χ1) is 15.3. The molecular formula is C24H23N5OS. The predicted octanol–water partition coefficient (Wildman–Crippen LogP) is 4.02. The molecule has 1 saturated heterocycles. The van der Waals surface area contributed by atoms with Gasteiger partial charge in [0.15, 0.2) is 0 Å². The Hall–Kier alpha value is -3.13. The van der Waals surface area contributed by atoms with E-state index in [1.54, 1.807) is 10.9 Å². The quantitative estimate of drug-likeness (QED) is 0.502. The van der Waals surface area contributed by atoms with Gasteiger partial charge in [0.1, 0.15) is 5.69 Å². The molecule has 0 saturated carbocycles. The van der Waals surface area contributed by atoms with Crippen molar-refractivity contribution in [1.82, 2.24) is 20.2 Å². The molecule has 0 unspecified atom stereocenters. The molecule has 3 heterocycles. The van der Waals surface area contributed by atoms with E-state index in [1.165, 1.54) is 16.9 Å². The van der Waals surface area contributed by atoms with Gasteiger partial charge in [0, 0.05) is 49.1 Å². The number of carbonyl (C=O) groups excluding carboxylic acids is 1. The van der Waals surface area contributed by atoms with Gasteiger partial charge >= 0.3 is 0 Å². The average Bonchev–Trinajstić information content (AvgIpc) is 3.35. The van der Waals surface area contributed by atoms with Gasteiger partial charge in [0.2, 0.25) is 0 Å². The second-order valence-corrected chi connectivity index (χ2v) is 8.35. The maximum absolute atomic E-state index is 12.5. The number of hydrogen-bond acceptors (Lipinski definition) is 6.